The molecule has 3 amide bonds. The number of fused-ring (bicyclic) bond motifs is 1. The smallest absolute Gasteiger partial charge is 0.343 e. The van der Waals surface area contributed by atoms with Crippen LogP contribution in [0.2, 0.25) is 0 Å². The van der Waals surface area contributed by atoms with Crippen molar-refractivity contribution in [1.82, 2.24) is 10.4 Å². The highest BCUT2D eigenvalue weighted by atomic mass is 16.7. The number of carbonyl (C=O) groups excluding carboxylic acids is 4. The summed E-state index contributed by atoms with van der Waals surface area (Å²) in [5, 5.41) is 2.92. The number of rotatable bonds is 5. The van der Waals surface area contributed by atoms with Gasteiger partial charge in [-0.25, -0.2) is 4.79 Å². The number of imide groups is 1. The number of carbonyl (C=O) groups is 4. The van der Waals surface area contributed by atoms with Gasteiger partial charge < -0.3 is 10.2 Å². The summed E-state index contributed by atoms with van der Waals surface area (Å²) < 4.78 is 0. The van der Waals surface area contributed by atoms with Gasteiger partial charge in [0, 0.05) is 6.92 Å². The topological polar surface area (TPSA) is 92.8 Å². The summed E-state index contributed by atoms with van der Waals surface area (Å²) in [6.07, 6.45) is 0.335. The van der Waals surface area contributed by atoms with Crippen molar-refractivity contribution < 1.29 is 24.0 Å². The highest BCUT2D eigenvalue weighted by molar-refractivity contribution is 6.20. The quantitative estimate of drug-likeness (QED) is 0.826. The van der Waals surface area contributed by atoms with Gasteiger partial charge in [0.1, 0.15) is 6.04 Å². The zero-order valence-electron chi connectivity index (χ0n) is 13.2. The maximum atomic E-state index is 12.2. The van der Waals surface area contributed by atoms with E-state index in [1.807, 2.05) is 13.8 Å². The normalized spacial score (nSPS) is 14.7. The molecule has 1 aromatic rings. The second-order valence-corrected chi connectivity index (χ2v) is 5.74. The van der Waals surface area contributed by atoms with Crippen LogP contribution in [0.15, 0.2) is 24.3 Å². The second-order valence-electron chi connectivity index (χ2n) is 5.74. The molecule has 0 saturated heterocycles. The molecule has 0 aromatic heterocycles. The molecule has 1 atom stereocenters. The summed E-state index contributed by atoms with van der Waals surface area (Å²) in [7, 11) is 0. The molecule has 2 rings (SSSR count). The first kappa shape index (κ1) is 16.7. The molecule has 1 aliphatic heterocycles. The summed E-state index contributed by atoms with van der Waals surface area (Å²) in [6, 6.07) is 5.30. The van der Waals surface area contributed by atoms with E-state index in [4.69, 9.17) is 4.84 Å². The van der Waals surface area contributed by atoms with Crippen LogP contribution in [0.25, 0.3) is 0 Å². The lowest BCUT2D eigenvalue weighted by Crippen LogP contribution is -2.45. The van der Waals surface area contributed by atoms with Crippen LogP contribution < -0.4 is 5.32 Å². The van der Waals surface area contributed by atoms with Gasteiger partial charge in [0.25, 0.3) is 11.8 Å². The van der Waals surface area contributed by atoms with Crippen molar-refractivity contribution >= 4 is 23.7 Å². The average Bonchev–Trinajstić information content (AvgIpc) is 2.71. The van der Waals surface area contributed by atoms with E-state index in [-0.39, 0.29) is 17.0 Å². The number of amides is 3. The lowest BCUT2D eigenvalue weighted by atomic mass is 10.0. The minimum Gasteiger partial charge on any atom is -0.343 e. The summed E-state index contributed by atoms with van der Waals surface area (Å²) in [6.45, 7) is 5.04. The molecule has 23 heavy (non-hydrogen) atoms. The lowest BCUT2D eigenvalue weighted by molar-refractivity contribution is -0.172. The number of benzene rings is 1. The predicted octanol–water partition coefficient (Wildman–Crippen LogP) is 1.29. The minimum absolute atomic E-state index is 0.113. The van der Waals surface area contributed by atoms with Crippen molar-refractivity contribution in [3.8, 4) is 0 Å². The molecule has 0 saturated carbocycles. The molecule has 0 radical (unpaired) electrons. The van der Waals surface area contributed by atoms with Gasteiger partial charge in [0.05, 0.1) is 11.1 Å². The molecule has 7 heteroatoms. The van der Waals surface area contributed by atoms with Crippen LogP contribution in [0.4, 0.5) is 0 Å². The van der Waals surface area contributed by atoms with E-state index in [1.165, 1.54) is 19.1 Å². The third kappa shape index (κ3) is 3.56. The molecule has 1 N–H and O–H groups in total. The Kier molecular flexibility index (Phi) is 4.78. The molecule has 1 heterocycles. The zero-order chi connectivity index (χ0) is 17.1. The summed E-state index contributed by atoms with van der Waals surface area (Å²) >= 11 is 0. The maximum absolute atomic E-state index is 12.2. The largest absolute Gasteiger partial charge is 0.355 e. The summed E-state index contributed by atoms with van der Waals surface area (Å²) in [5.41, 5.74) is 0.371. The Morgan fingerprint density at radius 1 is 1.13 bits per heavy atom. The third-order valence-corrected chi connectivity index (χ3v) is 3.31. The number of nitrogens with one attached hydrogen (secondary N) is 1. The average molecular weight is 318 g/mol. The monoisotopic (exact) mass is 318 g/mol. The maximum Gasteiger partial charge on any atom is 0.355 e. The SMILES string of the molecule is CC(=O)N[C@@H](CC(C)C)C(=O)ON1C(=O)c2ccccc2C1=O. The van der Waals surface area contributed by atoms with E-state index in [2.05, 4.69) is 5.32 Å². The molecular weight excluding hydrogens is 300 g/mol. The van der Waals surface area contributed by atoms with Crippen LogP contribution >= 0.6 is 0 Å². The van der Waals surface area contributed by atoms with Gasteiger partial charge in [-0.15, -0.1) is 0 Å². The van der Waals surface area contributed by atoms with Crippen molar-refractivity contribution in [3.05, 3.63) is 35.4 Å². The fourth-order valence-electron chi connectivity index (χ4n) is 2.33. The first-order valence-corrected chi connectivity index (χ1v) is 7.28. The molecule has 0 aliphatic carbocycles. The fourth-order valence-corrected chi connectivity index (χ4v) is 2.33. The van der Waals surface area contributed by atoms with E-state index < -0.39 is 29.7 Å². The van der Waals surface area contributed by atoms with Crippen LogP contribution in [0.1, 0.15) is 47.9 Å². The van der Waals surface area contributed by atoms with Gasteiger partial charge in [-0.2, -0.15) is 0 Å². The predicted molar refractivity (Wildman–Crippen MR) is 80.1 cm³/mol. The summed E-state index contributed by atoms with van der Waals surface area (Å²) in [5.74, 6) is -2.50. The van der Waals surface area contributed by atoms with E-state index in [9.17, 15) is 19.2 Å². The minimum atomic E-state index is -0.920. The Morgan fingerprint density at radius 3 is 2.09 bits per heavy atom. The highest BCUT2D eigenvalue weighted by Gasteiger charge is 2.39. The third-order valence-electron chi connectivity index (χ3n) is 3.31. The van der Waals surface area contributed by atoms with Crippen LogP contribution in [-0.2, 0) is 14.4 Å². The first-order chi connectivity index (χ1) is 10.8. The van der Waals surface area contributed by atoms with Gasteiger partial charge >= 0.3 is 5.97 Å². The standard InChI is InChI=1S/C16H18N2O5/c1-9(2)8-13(17-10(3)19)16(22)23-18-14(20)11-6-4-5-7-12(11)15(18)21/h4-7,9,13H,8H2,1-3H3,(H,17,19)/t13-/m0/s1. The zero-order valence-corrected chi connectivity index (χ0v) is 13.2. The van der Waals surface area contributed by atoms with Crippen molar-refractivity contribution in [3.63, 3.8) is 0 Å². The van der Waals surface area contributed by atoms with Crippen LogP contribution in [0, 0.1) is 5.92 Å². The van der Waals surface area contributed by atoms with Gasteiger partial charge in [0.2, 0.25) is 5.91 Å². The second kappa shape index (κ2) is 6.60. The van der Waals surface area contributed by atoms with E-state index in [1.54, 1.807) is 12.1 Å². The van der Waals surface area contributed by atoms with Crippen molar-refractivity contribution in [2.24, 2.45) is 5.92 Å². The Labute approximate surface area is 133 Å². The van der Waals surface area contributed by atoms with Crippen LogP contribution in [-0.4, -0.2) is 34.8 Å². The molecule has 1 aromatic carbocycles. The van der Waals surface area contributed by atoms with Gasteiger partial charge in [-0.05, 0) is 24.5 Å². The Morgan fingerprint density at radius 2 is 1.65 bits per heavy atom. The molecule has 122 valence electrons. The van der Waals surface area contributed by atoms with Crippen molar-refractivity contribution in [2.45, 2.75) is 33.2 Å². The Balaban J connectivity index is 2.14. The highest BCUT2D eigenvalue weighted by Crippen LogP contribution is 2.23. The van der Waals surface area contributed by atoms with E-state index >= 15 is 0 Å². The first-order valence-electron chi connectivity index (χ1n) is 7.28. The van der Waals surface area contributed by atoms with Gasteiger partial charge in [-0.1, -0.05) is 31.0 Å². The molecule has 1 aliphatic rings. The number of hydrogen-bond acceptors (Lipinski definition) is 5. The van der Waals surface area contributed by atoms with Crippen LogP contribution in [0.3, 0.4) is 0 Å². The lowest BCUT2D eigenvalue weighted by Gasteiger charge is -2.20. The molecule has 0 fully saturated rings. The fraction of sp³-hybridized carbons (Fsp3) is 0.375. The molecule has 0 bridgehead atoms. The number of nitrogens with zero attached hydrogens (tertiary/aromatic N) is 1. The Bertz CT molecular complexity index is 633. The molecule has 0 spiro atoms. The van der Waals surface area contributed by atoms with Gasteiger partial charge in [-0.3, -0.25) is 14.4 Å². The molecule has 7 nitrogen and oxygen atoms in total. The molecular formula is C16H18N2O5. The number of hydrogen-bond donors (Lipinski definition) is 1. The van der Waals surface area contributed by atoms with Crippen molar-refractivity contribution in [1.29, 1.82) is 0 Å². The molecule has 0 unspecified atom stereocenters. The van der Waals surface area contributed by atoms with Crippen molar-refractivity contribution in [2.75, 3.05) is 0 Å². The van der Waals surface area contributed by atoms with E-state index in [0.29, 0.717) is 11.5 Å². The summed E-state index contributed by atoms with van der Waals surface area (Å²) in [4.78, 5) is 52.7. The number of hydroxylamine groups is 2. The van der Waals surface area contributed by atoms with E-state index in [0.717, 1.165) is 0 Å². The van der Waals surface area contributed by atoms with Gasteiger partial charge in [0.15, 0.2) is 0 Å². The Hall–Kier alpha value is -2.70. The van der Waals surface area contributed by atoms with Crippen LogP contribution in [0.5, 0.6) is 0 Å².